The fourth-order valence-electron chi connectivity index (χ4n) is 1.35. The first-order valence-electron chi connectivity index (χ1n) is 4.03. The molecule has 0 amide bonds. The summed E-state index contributed by atoms with van der Waals surface area (Å²) in [4.78, 5) is 0. The van der Waals surface area contributed by atoms with Crippen molar-refractivity contribution in [3.8, 4) is 0 Å². The first kappa shape index (κ1) is 8.18. The van der Waals surface area contributed by atoms with Gasteiger partial charge in [-0.05, 0) is 44.3 Å². The predicted molar refractivity (Wildman–Crippen MR) is 47.7 cm³/mol. The van der Waals surface area contributed by atoms with Crippen LogP contribution in [0.2, 0.25) is 0 Å². The summed E-state index contributed by atoms with van der Waals surface area (Å²) in [6, 6.07) is 0. The van der Waals surface area contributed by atoms with E-state index in [4.69, 9.17) is 10.8 Å². The fraction of sp³-hybridized carbons (Fsp3) is 0.556. The van der Waals surface area contributed by atoms with Crippen molar-refractivity contribution in [2.24, 2.45) is 0 Å². The number of allylic oxidation sites excluding steroid dienone is 2. The average molecular weight is 150 g/mol. The lowest BCUT2D eigenvalue weighted by Crippen LogP contribution is -2.08. The summed E-state index contributed by atoms with van der Waals surface area (Å²) in [5.41, 5.74) is 2.37. The lowest BCUT2D eigenvalue weighted by molar-refractivity contribution is 0.730. The topological polar surface area (TPSA) is 47.7 Å². The van der Waals surface area contributed by atoms with Gasteiger partial charge in [-0.3, -0.25) is 0 Å². The molecule has 0 aromatic rings. The minimum atomic E-state index is 0.562. The van der Waals surface area contributed by atoms with Crippen LogP contribution in [0.4, 0.5) is 0 Å². The van der Waals surface area contributed by atoms with Gasteiger partial charge in [-0.2, -0.15) is 0 Å². The molecule has 1 aliphatic rings. The van der Waals surface area contributed by atoms with Crippen LogP contribution in [0.3, 0.4) is 0 Å². The van der Waals surface area contributed by atoms with E-state index in [9.17, 15) is 0 Å². The van der Waals surface area contributed by atoms with Gasteiger partial charge in [-0.25, -0.2) is 0 Å². The van der Waals surface area contributed by atoms with Crippen molar-refractivity contribution < 1.29 is 0 Å². The summed E-state index contributed by atoms with van der Waals surface area (Å²) in [6.45, 7) is 1.76. The molecule has 0 bridgehead atoms. The van der Waals surface area contributed by atoms with Crippen molar-refractivity contribution in [2.45, 2.75) is 32.6 Å². The zero-order chi connectivity index (χ0) is 8.27. The summed E-state index contributed by atoms with van der Waals surface area (Å²) in [6.07, 6.45) is 6.05. The van der Waals surface area contributed by atoms with E-state index in [2.05, 4.69) is 0 Å². The van der Waals surface area contributed by atoms with Crippen LogP contribution in [-0.4, -0.2) is 11.4 Å². The molecular formula is C9H14N2. The molecule has 60 valence electrons. The standard InChI is InChI=1S/C9H14N2/c1-7(10)6-8-4-2-3-5-9(8)11/h6,10-11H,2-5H2,1H3/b8-6-,10-7?,11-9?. The molecule has 2 nitrogen and oxygen atoms in total. The Balaban J connectivity index is 2.68. The Morgan fingerprint density at radius 2 is 2.00 bits per heavy atom. The lowest BCUT2D eigenvalue weighted by atomic mass is 9.92. The second-order valence-electron chi connectivity index (χ2n) is 3.04. The molecule has 0 aromatic carbocycles. The van der Waals surface area contributed by atoms with Crippen LogP contribution in [0.25, 0.3) is 0 Å². The summed E-state index contributed by atoms with van der Waals surface area (Å²) < 4.78 is 0. The average Bonchev–Trinajstić information content (AvgIpc) is 1.93. The highest BCUT2D eigenvalue weighted by atomic mass is 14.4. The SMILES string of the molecule is CC(=N)/C=C1/CCCCC1=N. The highest BCUT2D eigenvalue weighted by Gasteiger charge is 2.10. The largest absolute Gasteiger partial charge is 0.306 e. The van der Waals surface area contributed by atoms with Gasteiger partial charge in [0, 0.05) is 11.4 Å². The zero-order valence-electron chi connectivity index (χ0n) is 6.91. The molecule has 11 heavy (non-hydrogen) atoms. The molecule has 1 fully saturated rings. The highest BCUT2D eigenvalue weighted by Crippen LogP contribution is 2.19. The Morgan fingerprint density at radius 1 is 1.36 bits per heavy atom. The second-order valence-corrected chi connectivity index (χ2v) is 3.04. The van der Waals surface area contributed by atoms with Crippen LogP contribution in [0.15, 0.2) is 11.6 Å². The van der Waals surface area contributed by atoms with Gasteiger partial charge in [0.2, 0.25) is 0 Å². The minimum Gasteiger partial charge on any atom is -0.306 e. The van der Waals surface area contributed by atoms with Gasteiger partial charge in [0.25, 0.3) is 0 Å². The van der Waals surface area contributed by atoms with E-state index in [1.165, 1.54) is 6.42 Å². The maximum atomic E-state index is 7.57. The molecule has 0 aliphatic heterocycles. The van der Waals surface area contributed by atoms with E-state index in [0.717, 1.165) is 30.5 Å². The summed E-state index contributed by atoms with van der Waals surface area (Å²) in [5, 5.41) is 14.8. The molecule has 2 N–H and O–H groups in total. The van der Waals surface area contributed by atoms with Crippen LogP contribution in [0.5, 0.6) is 0 Å². The molecule has 1 aliphatic carbocycles. The molecule has 1 saturated carbocycles. The minimum absolute atomic E-state index is 0.562. The van der Waals surface area contributed by atoms with Crippen LogP contribution < -0.4 is 0 Å². The molecule has 0 heterocycles. The Labute approximate surface area is 67.3 Å². The van der Waals surface area contributed by atoms with Crippen molar-refractivity contribution in [2.75, 3.05) is 0 Å². The normalized spacial score (nSPS) is 22.3. The fourth-order valence-corrected chi connectivity index (χ4v) is 1.35. The number of hydrogen-bond donors (Lipinski definition) is 2. The van der Waals surface area contributed by atoms with E-state index in [1.807, 2.05) is 6.08 Å². The zero-order valence-corrected chi connectivity index (χ0v) is 6.91. The van der Waals surface area contributed by atoms with Crippen LogP contribution in [0, 0.1) is 10.8 Å². The molecule has 2 heteroatoms. The van der Waals surface area contributed by atoms with Crippen LogP contribution in [-0.2, 0) is 0 Å². The summed E-state index contributed by atoms with van der Waals surface area (Å²) >= 11 is 0. The van der Waals surface area contributed by atoms with Crippen molar-refractivity contribution in [1.29, 1.82) is 10.8 Å². The van der Waals surface area contributed by atoms with Gasteiger partial charge >= 0.3 is 0 Å². The van der Waals surface area contributed by atoms with Gasteiger partial charge in [-0.1, -0.05) is 0 Å². The molecule has 0 saturated heterocycles. The summed E-state index contributed by atoms with van der Waals surface area (Å²) in [5.74, 6) is 0. The smallest absolute Gasteiger partial charge is 0.0346 e. The Hall–Kier alpha value is -0.920. The third-order valence-corrected chi connectivity index (χ3v) is 1.90. The third-order valence-electron chi connectivity index (χ3n) is 1.90. The molecular weight excluding hydrogens is 136 g/mol. The van der Waals surface area contributed by atoms with Gasteiger partial charge < -0.3 is 10.8 Å². The van der Waals surface area contributed by atoms with Crippen molar-refractivity contribution >= 4 is 11.4 Å². The lowest BCUT2D eigenvalue weighted by Gasteiger charge is -2.14. The molecule has 0 atom stereocenters. The number of hydrogen-bond acceptors (Lipinski definition) is 2. The monoisotopic (exact) mass is 150 g/mol. The van der Waals surface area contributed by atoms with E-state index >= 15 is 0 Å². The van der Waals surface area contributed by atoms with Crippen molar-refractivity contribution in [1.82, 2.24) is 0 Å². The number of rotatable bonds is 1. The molecule has 0 spiro atoms. The third kappa shape index (κ3) is 2.30. The van der Waals surface area contributed by atoms with Gasteiger partial charge in [0.1, 0.15) is 0 Å². The summed E-state index contributed by atoms with van der Waals surface area (Å²) in [7, 11) is 0. The second kappa shape index (κ2) is 3.46. The number of nitrogens with one attached hydrogen (secondary N) is 2. The molecule has 1 rings (SSSR count). The van der Waals surface area contributed by atoms with Gasteiger partial charge in [0.15, 0.2) is 0 Å². The van der Waals surface area contributed by atoms with Crippen LogP contribution in [0.1, 0.15) is 32.6 Å². The quantitative estimate of drug-likeness (QED) is 0.540. The van der Waals surface area contributed by atoms with E-state index in [-0.39, 0.29) is 0 Å². The first-order chi connectivity index (χ1) is 5.20. The Morgan fingerprint density at radius 3 is 2.55 bits per heavy atom. The van der Waals surface area contributed by atoms with Crippen LogP contribution >= 0.6 is 0 Å². The van der Waals surface area contributed by atoms with Crippen molar-refractivity contribution in [3.63, 3.8) is 0 Å². The molecule has 0 radical (unpaired) electrons. The Bertz CT molecular complexity index is 214. The highest BCUT2D eigenvalue weighted by molar-refractivity contribution is 6.04. The van der Waals surface area contributed by atoms with E-state index < -0.39 is 0 Å². The van der Waals surface area contributed by atoms with Gasteiger partial charge in [0.05, 0.1) is 0 Å². The maximum Gasteiger partial charge on any atom is 0.0346 e. The van der Waals surface area contributed by atoms with E-state index in [1.54, 1.807) is 6.92 Å². The molecule has 0 aromatic heterocycles. The van der Waals surface area contributed by atoms with Gasteiger partial charge in [-0.15, -0.1) is 0 Å². The Kier molecular flexibility index (Phi) is 2.58. The maximum absolute atomic E-state index is 7.57. The molecule has 0 unspecified atom stereocenters. The van der Waals surface area contributed by atoms with Crippen molar-refractivity contribution in [3.05, 3.63) is 11.6 Å². The first-order valence-corrected chi connectivity index (χ1v) is 4.03. The predicted octanol–water partition coefficient (Wildman–Crippen LogP) is 2.55. The van der Waals surface area contributed by atoms with E-state index in [0.29, 0.717) is 5.71 Å².